The van der Waals surface area contributed by atoms with E-state index in [1.54, 1.807) is 12.3 Å². The minimum atomic E-state index is -0.0796. The molecule has 0 bridgehead atoms. The van der Waals surface area contributed by atoms with Gasteiger partial charge in [0.15, 0.2) is 0 Å². The minimum Gasteiger partial charge on any atom is -0.368 e. The van der Waals surface area contributed by atoms with Gasteiger partial charge in [0.25, 0.3) is 5.91 Å². The Morgan fingerprint density at radius 3 is 2.71 bits per heavy atom. The Hall–Kier alpha value is -2.73. The lowest BCUT2D eigenvalue weighted by molar-refractivity contribution is 0.0939. The predicted molar refractivity (Wildman–Crippen MR) is 96.7 cm³/mol. The van der Waals surface area contributed by atoms with Crippen LogP contribution in [0.15, 0.2) is 54.7 Å². The average molecular weight is 338 g/mol. The van der Waals surface area contributed by atoms with Crippen LogP contribution in [0.3, 0.4) is 0 Å². The second-order valence-electron chi connectivity index (χ2n) is 5.31. The van der Waals surface area contributed by atoms with Crippen LogP contribution in [0.25, 0.3) is 10.6 Å². The van der Waals surface area contributed by atoms with Crippen LogP contribution in [-0.4, -0.2) is 15.9 Å². The first-order valence-corrected chi connectivity index (χ1v) is 8.53. The maximum atomic E-state index is 12.5. The number of carbonyl (C=O) groups excluding carboxylic acids is 1. The van der Waals surface area contributed by atoms with Gasteiger partial charge >= 0.3 is 0 Å². The highest BCUT2D eigenvalue weighted by atomic mass is 32.1. The largest absolute Gasteiger partial charge is 0.368 e. The lowest BCUT2D eigenvalue weighted by atomic mass is 10.0. The number of anilines is 1. The van der Waals surface area contributed by atoms with Gasteiger partial charge in [-0.2, -0.15) is 0 Å². The highest BCUT2D eigenvalue weighted by Crippen LogP contribution is 2.27. The van der Waals surface area contributed by atoms with Crippen molar-refractivity contribution in [2.45, 2.75) is 19.4 Å². The fraction of sp³-hybridized carbons (Fsp3) is 0.167. The first kappa shape index (κ1) is 16.1. The van der Waals surface area contributed by atoms with Gasteiger partial charge in [-0.1, -0.05) is 37.3 Å². The number of nitrogen functional groups attached to an aromatic ring is 1. The van der Waals surface area contributed by atoms with E-state index in [0.29, 0.717) is 4.88 Å². The van der Waals surface area contributed by atoms with Gasteiger partial charge in [-0.15, -0.1) is 11.3 Å². The molecule has 3 rings (SSSR count). The van der Waals surface area contributed by atoms with Crippen molar-refractivity contribution < 1.29 is 4.79 Å². The topological polar surface area (TPSA) is 80.9 Å². The van der Waals surface area contributed by atoms with E-state index in [-0.39, 0.29) is 17.9 Å². The molecule has 2 heterocycles. The predicted octanol–water partition coefficient (Wildman–Crippen LogP) is 3.67. The standard InChI is InChI=1S/C18H18N4OS/c1-2-13(12-6-4-3-5-7-12)21-17(23)16-9-8-15(24-16)14-10-11-20-18(19)22-14/h3-11,13H,2H2,1H3,(H,21,23)(H2,19,20,22). The Labute approximate surface area is 144 Å². The van der Waals surface area contributed by atoms with E-state index >= 15 is 0 Å². The number of benzene rings is 1. The molecule has 0 aliphatic rings. The van der Waals surface area contributed by atoms with E-state index in [1.165, 1.54) is 11.3 Å². The third-order valence-electron chi connectivity index (χ3n) is 3.67. The van der Waals surface area contributed by atoms with Crippen LogP contribution in [0, 0.1) is 0 Å². The van der Waals surface area contributed by atoms with Crippen LogP contribution in [0.2, 0.25) is 0 Å². The fourth-order valence-corrected chi connectivity index (χ4v) is 3.32. The molecule has 1 amide bonds. The lowest BCUT2D eigenvalue weighted by Crippen LogP contribution is -2.27. The van der Waals surface area contributed by atoms with E-state index < -0.39 is 0 Å². The zero-order chi connectivity index (χ0) is 16.9. The minimum absolute atomic E-state index is 0.000977. The van der Waals surface area contributed by atoms with E-state index in [4.69, 9.17) is 5.73 Å². The van der Waals surface area contributed by atoms with Crippen molar-refractivity contribution in [3.8, 4) is 10.6 Å². The molecule has 3 N–H and O–H groups in total. The van der Waals surface area contributed by atoms with E-state index in [0.717, 1.165) is 22.6 Å². The van der Waals surface area contributed by atoms with E-state index in [1.807, 2.05) is 42.5 Å². The summed E-state index contributed by atoms with van der Waals surface area (Å²) in [5, 5.41) is 3.09. The van der Waals surface area contributed by atoms with Gasteiger partial charge in [0.05, 0.1) is 21.5 Å². The maximum Gasteiger partial charge on any atom is 0.261 e. The number of nitrogens with two attached hydrogens (primary N) is 1. The van der Waals surface area contributed by atoms with Gasteiger partial charge in [-0.05, 0) is 30.2 Å². The number of hydrogen-bond donors (Lipinski definition) is 2. The summed E-state index contributed by atoms with van der Waals surface area (Å²) in [7, 11) is 0. The molecule has 1 atom stereocenters. The van der Waals surface area contributed by atoms with Gasteiger partial charge in [-0.25, -0.2) is 9.97 Å². The number of nitrogens with one attached hydrogen (secondary N) is 1. The SMILES string of the molecule is CCC(NC(=O)c1ccc(-c2ccnc(N)n2)s1)c1ccccc1. The van der Waals surface area contributed by atoms with Gasteiger partial charge in [0.1, 0.15) is 0 Å². The summed E-state index contributed by atoms with van der Waals surface area (Å²) >= 11 is 1.39. The quantitative estimate of drug-likeness (QED) is 0.744. The molecule has 6 heteroatoms. The van der Waals surface area contributed by atoms with Crippen LogP contribution < -0.4 is 11.1 Å². The monoisotopic (exact) mass is 338 g/mol. The smallest absolute Gasteiger partial charge is 0.261 e. The molecule has 1 aromatic carbocycles. The molecule has 0 radical (unpaired) electrons. The second-order valence-corrected chi connectivity index (χ2v) is 6.39. The van der Waals surface area contributed by atoms with E-state index in [9.17, 15) is 4.79 Å². The summed E-state index contributed by atoms with van der Waals surface area (Å²) in [6, 6.07) is 15.4. The number of hydrogen-bond acceptors (Lipinski definition) is 5. The Bertz CT molecular complexity index is 832. The normalized spacial score (nSPS) is 11.9. The second kappa shape index (κ2) is 7.23. The van der Waals surface area contributed by atoms with Crippen molar-refractivity contribution in [3.63, 3.8) is 0 Å². The molecule has 0 spiro atoms. The average Bonchev–Trinajstić information content (AvgIpc) is 3.10. The van der Waals surface area contributed by atoms with Crippen LogP contribution in [0.4, 0.5) is 5.95 Å². The molecule has 0 aliphatic heterocycles. The molecule has 0 saturated heterocycles. The molecular weight excluding hydrogens is 320 g/mol. The van der Waals surface area contributed by atoms with Gasteiger partial charge in [0, 0.05) is 6.20 Å². The molecule has 2 aromatic heterocycles. The molecule has 1 unspecified atom stereocenters. The molecule has 24 heavy (non-hydrogen) atoms. The summed E-state index contributed by atoms with van der Waals surface area (Å²) in [4.78, 5) is 22.2. The van der Waals surface area contributed by atoms with Crippen molar-refractivity contribution in [2.24, 2.45) is 0 Å². The van der Waals surface area contributed by atoms with Crippen molar-refractivity contribution in [1.29, 1.82) is 0 Å². The van der Waals surface area contributed by atoms with Crippen molar-refractivity contribution >= 4 is 23.2 Å². The van der Waals surface area contributed by atoms with Gasteiger partial charge in [-0.3, -0.25) is 4.79 Å². The highest BCUT2D eigenvalue weighted by Gasteiger charge is 2.16. The van der Waals surface area contributed by atoms with Crippen LogP contribution >= 0.6 is 11.3 Å². The zero-order valence-electron chi connectivity index (χ0n) is 13.3. The van der Waals surface area contributed by atoms with Gasteiger partial charge in [0.2, 0.25) is 5.95 Å². The lowest BCUT2D eigenvalue weighted by Gasteiger charge is -2.16. The van der Waals surface area contributed by atoms with Crippen molar-refractivity contribution in [2.75, 3.05) is 5.73 Å². The Morgan fingerprint density at radius 1 is 1.21 bits per heavy atom. The molecule has 0 fully saturated rings. The first-order valence-electron chi connectivity index (χ1n) is 7.72. The van der Waals surface area contributed by atoms with Crippen molar-refractivity contribution in [3.05, 3.63) is 65.2 Å². The third-order valence-corrected chi connectivity index (χ3v) is 4.78. The van der Waals surface area contributed by atoms with Crippen molar-refractivity contribution in [1.82, 2.24) is 15.3 Å². The Balaban J connectivity index is 1.76. The number of amides is 1. The number of aromatic nitrogens is 2. The van der Waals surface area contributed by atoms with Crippen LogP contribution in [-0.2, 0) is 0 Å². The van der Waals surface area contributed by atoms with E-state index in [2.05, 4.69) is 22.2 Å². The number of thiophene rings is 1. The van der Waals surface area contributed by atoms with Crippen LogP contribution in [0.5, 0.6) is 0 Å². The number of nitrogens with zero attached hydrogens (tertiary/aromatic N) is 2. The number of rotatable bonds is 5. The number of carbonyl (C=O) groups is 1. The Morgan fingerprint density at radius 2 is 2.00 bits per heavy atom. The Kier molecular flexibility index (Phi) is 4.86. The summed E-state index contributed by atoms with van der Waals surface area (Å²) in [5.41, 5.74) is 7.44. The van der Waals surface area contributed by atoms with Crippen LogP contribution in [0.1, 0.15) is 34.6 Å². The molecule has 3 aromatic rings. The molecular formula is C18H18N4OS. The summed E-state index contributed by atoms with van der Waals surface area (Å²) in [6.45, 7) is 2.06. The first-order chi connectivity index (χ1) is 11.7. The molecule has 0 saturated carbocycles. The molecule has 0 aliphatic carbocycles. The highest BCUT2D eigenvalue weighted by molar-refractivity contribution is 7.17. The fourth-order valence-electron chi connectivity index (χ4n) is 2.44. The summed E-state index contributed by atoms with van der Waals surface area (Å²) in [5.74, 6) is 0.144. The zero-order valence-corrected chi connectivity index (χ0v) is 14.1. The summed E-state index contributed by atoms with van der Waals surface area (Å²) in [6.07, 6.45) is 2.44. The molecule has 5 nitrogen and oxygen atoms in total. The summed E-state index contributed by atoms with van der Waals surface area (Å²) < 4.78 is 0. The third kappa shape index (κ3) is 3.60. The maximum absolute atomic E-state index is 12.5. The van der Waals surface area contributed by atoms with Gasteiger partial charge < -0.3 is 11.1 Å². The molecule has 122 valence electrons.